The highest BCUT2D eigenvalue weighted by Gasteiger charge is 2.29. The van der Waals surface area contributed by atoms with E-state index >= 15 is 0 Å². The SMILES string of the molecule is CCNC(=NCc1cn2cc(Br)ccc2n1)NCC1(C)CCCO1.I. The average molecular weight is 522 g/mol. The molecular weight excluding hydrogens is 497 g/mol. The van der Waals surface area contributed by atoms with Gasteiger partial charge in [0.25, 0.3) is 0 Å². The van der Waals surface area contributed by atoms with E-state index in [0.717, 1.165) is 54.3 Å². The number of rotatable bonds is 5. The summed E-state index contributed by atoms with van der Waals surface area (Å²) >= 11 is 3.47. The van der Waals surface area contributed by atoms with E-state index in [2.05, 4.69) is 50.4 Å². The lowest BCUT2D eigenvalue weighted by Crippen LogP contribution is -2.45. The van der Waals surface area contributed by atoms with E-state index in [9.17, 15) is 0 Å². The van der Waals surface area contributed by atoms with E-state index in [1.165, 1.54) is 0 Å². The Morgan fingerprint density at radius 1 is 1.40 bits per heavy atom. The number of nitrogens with zero attached hydrogens (tertiary/aromatic N) is 3. The Morgan fingerprint density at radius 3 is 2.96 bits per heavy atom. The van der Waals surface area contributed by atoms with Crippen LogP contribution in [0.15, 0.2) is 34.0 Å². The number of fused-ring (bicyclic) bond motifs is 1. The van der Waals surface area contributed by atoms with Crippen LogP contribution < -0.4 is 10.6 Å². The average Bonchev–Trinajstić information content (AvgIpc) is 3.16. The number of pyridine rings is 1. The monoisotopic (exact) mass is 521 g/mol. The minimum atomic E-state index is -0.0917. The van der Waals surface area contributed by atoms with Crippen LogP contribution in [0.25, 0.3) is 5.65 Å². The standard InChI is InChI=1S/C17H24BrN5O.HI/c1-3-19-16(21-12-17(2)7-4-8-24-17)20-9-14-11-23-10-13(18)5-6-15(23)22-14;/h5-6,10-11H,3-4,7-9,12H2,1-2H3,(H2,19,20,21);1H. The van der Waals surface area contributed by atoms with Crippen molar-refractivity contribution in [2.45, 2.75) is 38.8 Å². The van der Waals surface area contributed by atoms with E-state index in [-0.39, 0.29) is 29.6 Å². The van der Waals surface area contributed by atoms with E-state index in [0.29, 0.717) is 6.54 Å². The summed E-state index contributed by atoms with van der Waals surface area (Å²) in [6.07, 6.45) is 6.22. The molecule has 0 spiro atoms. The molecule has 1 aliphatic rings. The zero-order valence-corrected chi connectivity index (χ0v) is 18.5. The predicted octanol–water partition coefficient (Wildman–Crippen LogP) is 3.34. The smallest absolute Gasteiger partial charge is 0.191 e. The lowest BCUT2D eigenvalue weighted by Gasteiger charge is -2.24. The first-order valence-corrected chi connectivity index (χ1v) is 9.16. The van der Waals surface area contributed by atoms with Gasteiger partial charge in [0.2, 0.25) is 0 Å². The molecule has 2 aromatic heterocycles. The lowest BCUT2D eigenvalue weighted by atomic mass is 10.0. The van der Waals surface area contributed by atoms with Crippen molar-refractivity contribution in [3.05, 3.63) is 34.7 Å². The van der Waals surface area contributed by atoms with E-state index in [1.807, 2.05) is 28.9 Å². The molecule has 2 aromatic rings. The van der Waals surface area contributed by atoms with Gasteiger partial charge in [-0.05, 0) is 54.8 Å². The molecule has 0 bridgehead atoms. The second kappa shape index (κ2) is 9.18. The van der Waals surface area contributed by atoms with Crippen molar-refractivity contribution in [2.75, 3.05) is 19.7 Å². The molecule has 3 rings (SSSR count). The quantitative estimate of drug-likeness (QED) is 0.360. The first-order chi connectivity index (χ1) is 11.6. The van der Waals surface area contributed by atoms with Gasteiger partial charge in [-0.2, -0.15) is 0 Å². The molecule has 2 N–H and O–H groups in total. The number of aliphatic imine (C=N–C) groups is 1. The maximum atomic E-state index is 5.82. The van der Waals surface area contributed by atoms with Crippen LogP contribution in [-0.4, -0.2) is 40.6 Å². The molecule has 3 heterocycles. The third-order valence-corrected chi connectivity index (χ3v) is 4.61. The van der Waals surface area contributed by atoms with Gasteiger partial charge >= 0.3 is 0 Å². The van der Waals surface area contributed by atoms with E-state index < -0.39 is 0 Å². The van der Waals surface area contributed by atoms with Crippen molar-refractivity contribution in [3.8, 4) is 0 Å². The summed E-state index contributed by atoms with van der Waals surface area (Å²) in [6, 6.07) is 3.97. The molecule has 1 unspecified atom stereocenters. The fraction of sp³-hybridized carbons (Fsp3) is 0.529. The highest BCUT2D eigenvalue weighted by atomic mass is 127. The van der Waals surface area contributed by atoms with Gasteiger partial charge in [0.15, 0.2) is 5.96 Å². The van der Waals surface area contributed by atoms with Crippen LogP contribution in [0.3, 0.4) is 0 Å². The minimum absolute atomic E-state index is 0. The van der Waals surface area contributed by atoms with Crippen molar-refractivity contribution in [3.63, 3.8) is 0 Å². The second-order valence-corrected chi connectivity index (χ2v) is 7.21. The van der Waals surface area contributed by atoms with Crippen LogP contribution >= 0.6 is 39.9 Å². The maximum absolute atomic E-state index is 5.82. The fourth-order valence-electron chi connectivity index (χ4n) is 2.84. The number of hydrogen-bond donors (Lipinski definition) is 2. The molecule has 1 fully saturated rings. The summed E-state index contributed by atoms with van der Waals surface area (Å²) in [5.41, 5.74) is 1.77. The van der Waals surface area contributed by atoms with Gasteiger partial charge in [0, 0.05) is 36.6 Å². The molecule has 0 aromatic carbocycles. The minimum Gasteiger partial charge on any atom is -0.373 e. The number of nitrogens with one attached hydrogen (secondary N) is 2. The van der Waals surface area contributed by atoms with Gasteiger partial charge < -0.3 is 19.8 Å². The molecule has 1 aliphatic heterocycles. The fourth-order valence-corrected chi connectivity index (χ4v) is 3.19. The Hall–Kier alpha value is -0.870. The van der Waals surface area contributed by atoms with Crippen LogP contribution in [0, 0.1) is 0 Å². The molecule has 0 aliphatic carbocycles. The molecule has 8 heteroatoms. The highest BCUT2D eigenvalue weighted by Crippen LogP contribution is 2.23. The van der Waals surface area contributed by atoms with E-state index in [1.54, 1.807) is 0 Å². The number of halogens is 2. The zero-order chi connectivity index (χ0) is 17.0. The summed E-state index contributed by atoms with van der Waals surface area (Å²) in [5.74, 6) is 0.799. The topological polar surface area (TPSA) is 63.0 Å². The molecule has 0 amide bonds. The van der Waals surface area contributed by atoms with Crippen LogP contribution in [0.2, 0.25) is 0 Å². The van der Waals surface area contributed by atoms with Crippen LogP contribution in [0.5, 0.6) is 0 Å². The summed E-state index contributed by atoms with van der Waals surface area (Å²) < 4.78 is 8.85. The Labute approximate surface area is 174 Å². The number of guanidine groups is 1. The third kappa shape index (κ3) is 5.55. The predicted molar refractivity (Wildman–Crippen MR) is 115 cm³/mol. The van der Waals surface area contributed by atoms with Crippen LogP contribution in [0.1, 0.15) is 32.4 Å². The Bertz CT molecular complexity index is 727. The molecular formula is C17H25BrIN5O. The molecule has 6 nitrogen and oxygen atoms in total. The first-order valence-electron chi connectivity index (χ1n) is 8.37. The van der Waals surface area contributed by atoms with Gasteiger partial charge in [-0.1, -0.05) is 0 Å². The number of imidazole rings is 1. The molecule has 0 radical (unpaired) electrons. The summed E-state index contributed by atoms with van der Waals surface area (Å²) in [4.78, 5) is 9.24. The summed E-state index contributed by atoms with van der Waals surface area (Å²) in [7, 11) is 0. The number of ether oxygens (including phenoxy) is 1. The summed E-state index contributed by atoms with van der Waals surface area (Å²) in [6.45, 7) is 7.18. The largest absolute Gasteiger partial charge is 0.373 e. The van der Waals surface area contributed by atoms with Gasteiger partial charge in [0.1, 0.15) is 5.65 Å². The van der Waals surface area contributed by atoms with Crippen LogP contribution in [0.4, 0.5) is 0 Å². The normalized spacial score (nSPS) is 20.5. The van der Waals surface area contributed by atoms with Gasteiger partial charge in [-0.15, -0.1) is 24.0 Å². The van der Waals surface area contributed by atoms with Gasteiger partial charge in [0.05, 0.1) is 17.8 Å². The highest BCUT2D eigenvalue weighted by molar-refractivity contribution is 14.0. The van der Waals surface area contributed by atoms with Gasteiger partial charge in [-0.25, -0.2) is 9.98 Å². The van der Waals surface area contributed by atoms with Crippen molar-refractivity contribution < 1.29 is 4.74 Å². The van der Waals surface area contributed by atoms with Crippen molar-refractivity contribution >= 4 is 51.5 Å². The van der Waals surface area contributed by atoms with E-state index in [4.69, 9.17) is 4.74 Å². The maximum Gasteiger partial charge on any atom is 0.191 e. The molecule has 138 valence electrons. The Balaban J connectivity index is 0.00000225. The van der Waals surface area contributed by atoms with Crippen molar-refractivity contribution in [1.29, 1.82) is 0 Å². The first kappa shape index (κ1) is 20.4. The Morgan fingerprint density at radius 2 is 2.24 bits per heavy atom. The van der Waals surface area contributed by atoms with Crippen LogP contribution in [-0.2, 0) is 11.3 Å². The van der Waals surface area contributed by atoms with Crippen molar-refractivity contribution in [2.24, 2.45) is 4.99 Å². The Kier molecular flexibility index (Phi) is 7.51. The second-order valence-electron chi connectivity index (χ2n) is 6.30. The van der Waals surface area contributed by atoms with Gasteiger partial charge in [-0.3, -0.25) is 0 Å². The zero-order valence-electron chi connectivity index (χ0n) is 14.6. The lowest BCUT2D eigenvalue weighted by molar-refractivity contribution is 0.0243. The molecule has 0 saturated carbocycles. The van der Waals surface area contributed by atoms with Crippen molar-refractivity contribution in [1.82, 2.24) is 20.0 Å². The number of aromatic nitrogens is 2. The third-order valence-electron chi connectivity index (χ3n) is 4.14. The molecule has 25 heavy (non-hydrogen) atoms. The summed E-state index contributed by atoms with van der Waals surface area (Å²) in [5, 5.41) is 6.67. The molecule has 1 saturated heterocycles. The number of hydrogen-bond acceptors (Lipinski definition) is 3. The molecule has 1 atom stereocenters.